The highest BCUT2D eigenvalue weighted by molar-refractivity contribution is 5.94. The fourth-order valence-electron chi connectivity index (χ4n) is 4.24. The van der Waals surface area contributed by atoms with Crippen molar-refractivity contribution < 1.29 is 22.8 Å². The predicted octanol–water partition coefficient (Wildman–Crippen LogP) is 4.79. The normalized spacial score (nSPS) is 13.8. The minimum absolute atomic E-state index is 0.0317. The molecule has 6 nitrogen and oxygen atoms in total. The minimum Gasteiger partial charge on any atom is -0.348 e. The summed E-state index contributed by atoms with van der Waals surface area (Å²) in [5.41, 5.74) is 9.76. The molecule has 0 unspecified atom stereocenters. The number of halogens is 3. The Labute approximate surface area is 213 Å². The number of pyridine rings is 1. The first kappa shape index (κ1) is 26.1. The maximum Gasteiger partial charge on any atom is 0.416 e. The lowest BCUT2D eigenvalue weighted by atomic mass is 9.96. The van der Waals surface area contributed by atoms with Gasteiger partial charge in [0.05, 0.1) is 11.1 Å². The van der Waals surface area contributed by atoms with Crippen molar-refractivity contribution in [1.29, 1.82) is 0 Å². The molecular formula is C28H27F3N4O2. The summed E-state index contributed by atoms with van der Waals surface area (Å²) in [7, 11) is 0. The zero-order valence-electron chi connectivity index (χ0n) is 20.3. The van der Waals surface area contributed by atoms with E-state index in [0.717, 1.165) is 28.8 Å². The molecule has 0 saturated carbocycles. The maximum absolute atomic E-state index is 13.2. The molecule has 1 aliphatic heterocycles. The molecule has 2 heterocycles. The second-order valence-electron chi connectivity index (χ2n) is 8.86. The molecule has 37 heavy (non-hydrogen) atoms. The molecule has 0 atom stereocenters. The van der Waals surface area contributed by atoms with Crippen molar-refractivity contribution in [3.05, 3.63) is 94.8 Å². The van der Waals surface area contributed by atoms with Crippen molar-refractivity contribution in [3.63, 3.8) is 0 Å². The molecule has 2 aromatic carbocycles. The van der Waals surface area contributed by atoms with Gasteiger partial charge in [-0.3, -0.25) is 14.6 Å². The van der Waals surface area contributed by atoms with E-state index in [0.29, 0.717) is 41.8 Å². The Morgan fingerprint density at radius 2 is 1.81 bits per heavy atom. The molecule has 0 aliphatic carbocycles. The first-order valence-corrected chi connectivity index (χ1v) is 11.8. The van der Waals surface area contributed by atoms with Gasteiger partial charge in [-0.15, -0.1) is 0 Å². The molecule has 0 saturated heterocycles. The van der Waals surface area contributed by atoms with Gasteiger partial charge in [0.25, 0.3) is 5.91 Å². The molecule has 0 fully saturated rings. The van der Waals surface area contributed by atoms with E-state index in [9.17, 15) is 22.8 Å². The summed E-state index contributed by atoms with van der Waals surface area (Å²) < 4.78 is 39.5. The minimum atomic E-state index is -4.44. The molecule has 0 spiro atoms. The van der Waals surface area contributed by atoms with Gasteiger partial charge in [0, 0.05) is 45.5 Å². The number of amides is 2. The molecule has 0 bridgehead atoms. The molecule has 1 aromatic heterocycles. The Balaban J connectivity index is 1.43. The summed E-state index contributed by atoms with van der Waals surface area (Å²) in [5, 5.41) is 2.86. The Morgan fingerprint density at radius 3 is 2.43 bits per heavy atom. The van der Waals surface area contributed by atoms with Crippen molar-refractivity contribution in [2.24, 2.45) is 5.73 Å². The van der Waals surface area contributed by atoms with Crippen LogP contribution in [0.5, 0.6) is 0 Å². The van der Waals surface area contributed by atoms with E-state index in [1.165, 1.54) is 12.3 Å². The average Bonchev–Trinajstić information content (AvgIpc) is 2.91. The summed E-state index contributed by atoms with van der Waals surface area (Å²) in [6.07, 6.45) is 1.42. The first-order valence-electron chi connectivity index (χ1n) is 11.8. The zero-order valence-corrected chi connectivity index (χ0v) is 20.3. The van der Waals surface area contributed by atoms with Crippen LogP contribution in [0.15, 0.2) is 67.0 Å². The fourth-order valence-corrected chi connectivity index (χ4v) is 4.24. The van der Waals surface area contributed by atoms with Crippen molar-refractivity contribution in [1.82, 2.24) is 15.2 Å². The van der Waals surface area contributed by atoms with Gasteiger partial charge in [0.2, 0.25) is 5.91 Å². The average molecular weight is 509 g/mol. The summed E-state index contributed by atoms with van der Waals surface area (Å²) in [6.45, 7) is 3.06. The van der Waals surface area contributed by atoms with Crippen LogP contribution < -0.4 is 11.1 Å². The van der Waals surface area contributed by atoms with Gasteiger partial charge in [-0.05, 0) is 58.0 Å². The van der Waals surface area contributed by atoms with Gasteiger partial charge in [0.1, 0.15) is 0 Å². The number of hydrogen-bond acceptors (Lipinski definition) is 4. The van der Waals surface area contributed by atoms with Crippen molar-refractivity contribution in [2.75, 3.05) is 13.1 Å². The van der Waals surface area contributed by atoms with Crippen LogP contribution in [-0.4, -0.2) is 34.8 Å². The smallest absolute Gasteiger partial charge is 0.348 e. The van der Waals surface area contributed by atoms with E-state index in [1.54, 1.807) is 48.4 Å². The van der Waals surface area contributed by atoms with E-state index in [2.05, 4.69) is 10.3 Å². The molecule has 3 N–H and O–H groups in total. The third-order valence-corrected chi connectivity index (χ3v) is 6.40. The maximum atomic E-state index is 13.2. The highest BCUT2D eigenvalue weighted by atomic mass is 19.4. The third kappa shape index (κ3) is 6.24. The number of carbonyl (C=O) groups excluding carboxylic acids is 2. The third-order valence-electron chi connectivity index (χ3n) is 6.40. The molecule has 0 radical (unpaired) electrons. The predicted molar refractivity (Wildman–Crippen MR) is 135 cm³/mol. The first-order chi connectivity index (χ1) is 17.7. The topological polar surface area (TPSA) is 88.3 Å². The van der Waals surface area contributed by atoms with Crippen molar-refractivity contribution >= 4 is 17.4 Å². The number of nitrogens with two attached hydrogens (primary N) is 1. The molecule has 1 aliphatic rings. The lowest BCUT2D eigenvalue weighted by Crippen LogP contribution is -2.32. The quantitative estimate of drug-likeness (QED) is 0.501. The van der Waals surface area contributed by atoms with Gasteiger partial charge < -0.3 is 16.0 Å². The summed E-state index contributed by atoms with van der Waals surface area (Å²) >= 11 is 0. The monoisotopic (exact) mass is 508 g/mol. The number of aromatic nitrogens is 1. The molecule has 192 valence electrons. The SMILES string of the molecule is CC(=O)N1CC=C(c2cncc(C(=O)NCc3ccc(-c4cc(C(F)(F)F)ccc4CN)cc3)c2)CC1. The number of rotatable bonds is 6. The standard InChI is InChI=1S/C28H27F3N4O2/c1-18(36)35-10-8-20(9-11-35)23-12-24(17-33-16-23)27(37)34-15-19-2-4-21(5-3-19)26-13-25(28(29,30)31)7-6-22(26)14-32/h2-8,12-13,16-17H,9-11,14-15,32H2,1H3,(H,34,37). The summed E-state index contributed by atoms with van der Waals surface area (Å²) in [6, 6.07) is 12.3. The molecule has 2 amide bonds. The van der Waals surface area contributed by atoms with Crippen LogP contribution in [0.1, 0.15) is 46.0 Å². The fraction of sp³-hybridized carbons (Fsp3) is 0.250. The second-order valence-corrected chi connectivity index (χ2v) is 8.86. The number of nitrogens with one attached hydrogen (secondary N) is 1. The molecule has 4 rings (SSSR count). The van der Waals surface area contributed by atoms with Crippen LogP contribution >= 0.6 is 0 Å². The van der Waals surface area contributed by atoms with Gasteiger partial charge in [-0.1, -0.05) is 36.4 Å². The molecule has 9 heteroatoms. The summed E-state index contributed by atoms with van der Waals surface area (Å²) in [5.74, 6) is -0.257. The zero-order chi connectivity index (χ0) is 26.6. The van der Waals surface area contributed by atoms with Crippen LogP contribution in [-0.2, 0) is 24.1 Å². The number of carbonyl (C=O) groups is 2. The van der Waals surface area contributed by atoms with Crippen LogP contribution in [0.25, 0.3) is 16.7 Å². The number of alkyl halides is 3. The van der Waals surface area contributed by atoms with Crippen molar-refractivity contribution in [3.8, 4) is 11.1 Å². The molecular weight excluding hydrogens is 481 g/mol. The van der Waals surface area contributed by atoms with E-state index in [-0.39, 0.29) is 24.9 Å². The highest BCUT2D eigenvalue weighted by Gasteiger charge is 2.31. The van der Waals surface area contributed by atoms with Gasteiger partial charge >= 0.3 is 6.18 Å². The Hall–Kier alpha value is -3.98. The van der Waals surface area contributed by atoms with Gasteiger partial charge in [-0.25, -0.2) is 0 Å². The number of hydrogen-bond donors (Lipinski definition) is 2. The highest BCUT2D eigenvalue weighted by Crippen LogP contribution is 2.34. The van der Waals surface area contributed by atoms with Crippen molar-refractivity contribution in [2.45, 2.75) is 32.6 Å². The van der Waals surface area contributed by atoms with E-state index in [1.807, 2.05) is 6.08 Å². The van der Waals surface area contributed by atoms with Gasteiger partial charge in [-0.2, -0.15) is 13.2 Å². The number of nitrogens with zero attached hydrogens (tertiary/aromatic N) is 2. The Morgan fingerprint density at radius 1 is 1.05 bits per heavy atom. The van der Waals surface area contributed by atoms with E-state index in [4.69, 9.17) is 5.73 Å². The van der Waals surface area contributed by atoms with E-state index < -0.39 is 11.7 Å². The number of benzene rings is 2. The Bertz CT molecular complexity index is 1330. The second kappa shape index (κ2) is 11.0. The Kier molecular flexibility index (Phi) is 7.73. The van der Waals surface area contributed by atoms with Gasteiger partial charge in [0.15, 0.2) is 0 Å². The van der Waals surface area contributed by atoms with E-state index >= 15 is 0 Å². The molecule has 3 aromatic rings. The summed E-state index contributed by atoms with van der Waals surface area (Å²) in [4.78, 5) is 30.2. The largest absolute Gasteiger partial charge is 0.416 e. The lowest BCUT2D eigenvalue weighted by Gasteiger charge is -2.25. The lowest BCUT2D eigenvalue weighted by molar-refractivity contribution is -0.137. The van der Waals surface area contributed by atoms with Crippen LogP contribution in [0.3, 0.4) is 0 Å². The van der Waals surface area contributed by atoms with Crippen LogP contribution in [0.2, 0.25) is 0 Å². The van der Waals surface area contributed by atoms with Crippen LogP contribution in [0, 0.1) is 0 Å². The van der Waals surface area contributed by atoms with Crippen LogP contribution in [0.4, 0.5) is 13.2 Å².